The summed E-state index contributed by atoms with van der Waals surface area (Å²) in [5.74, 6) is 1.07. The lowest BCUT2D eigenvalue weighted by Crippen LogP contribution is -2.21. The van der Waals surface area contributed by atoms with Crippen LogP contribution in [-0.4, -0.2) is 15.8 Å². The Bertz CT molecular complexity index is 360. The molecule has 0 amide bonds. The van der Waals surface area contributed by atoms with Crippen molar-refractivity contribution >= 4 is 5.78 Å². The van der Waals surface area contributed by atoms with E-state index in [0.29, 0.717) is 24.0 Å². The van der Waals surface area contributed by atoms with E-state index in [1.807, 2.05) is 0 Å². The summed E-state index contributed by atoms with van der Waals surface area (Å²) in [5.41, 5.74) is 1.50. The molecule has 1 aromatic heterocycles. The molecule has 1 aromatic rings. The van der Waals surface area contributed by atoms with Crippen LogP contribution in [0, 0.1) is 5.92 Å². The summed E-state index contributed by atoms with van der Waals surface area (Å²) < 4.78 is 0. The fraction of sp³-hybridized carbons (Fsp3) is 0.545. The molecule has 0 radical (unpaired) electrons. The van der Waals surface area contributed by atoms with Crippen LogP contribution in [0.2, 0.25) is 0 Å². The fourth-order valence-corrected chi connectivity index (χ4v) is 2.03. The van der Waals surface area contributed by atoms with Gasteiger partial charge in [0.15, 0.2) is 5.78 Å². The van der Waals surface area contributed by atoms with E-state index in [1.54, 1.807) is 12.4 Å². The largest absolute Gasteiger partial charge is 0.292 e. The second kappa shape index (κ2) is 3.48. The summed E-state index contributed by atoms with van der Waals surface area (Å²) in [6.45, 7) is 4.33. The fourth-order valence-electron chi connectivity index (χ4n) is 2.03. The minimum Gasteiger partial charge on any atom is -0.292 e. The third-order valence-corrected chi connectivity index (χ3v) is 2.83. The number of carbonyl (C=O) groups excluding carboxylic acids is 1. The van der Waals surface area contributed by atoms with Crippen molar-refractivity contribution < 1.29 is 4.79 Å². The molecule has 0 aliphatic heterocycles. The van der Waals surface area contributed by atoms with Crippen LogP contribution in [0.1, 0.15) is 48.8 Å². The quantitative estimate of drug-likeness (QED) is 0.681. The van der Waals surface area contributed by atoms with Crippen LogP contribution in [0.15, 0.2) is 12.4 Å². The van der Waals surface area contributed by atoms with Crippen molar-refractivity contribution in [1.29, 1.82) is 0 Å². The average Bonchev–Trinajstić information content (AvgIpc) is 2.18. The van der Waals surface area contributed by atoms with Gasteiger partial charge in [-0.15, -0.1) is 0 Å². The maximum absolute atomic E-state index is 11.6. The number of ketones is 1. The minimum atomic E-state index is 0.144. The van der Waals surface area contributed by atoms with Crippen molar-refractivity contribution in [1.82, 2.24) is 9.97 Å². The molecule has 1 heterocycles. The van der Waals surface area contributed by atoms with Crippen LogP contribution in [0.3, 0.4) is 0 Å². The number of aromatic nitrogens is 2. The molecule has 0 spiro atoms. The van der Waals surface area contributed by atoms with Gasteiger partial charge in [0.05, 0.1) is 5.69 Å². The van der Waals surface area contributed by atoms with Crippen molar-refractivity contribution in [3.05, 3.63) is 23.8 Å². The summed E-state index contributed by atoms with van der Waals surface area (Å²) in [6, 6.07) is 0. The van der Waals surface area contributed by atoms with Crippen LogP contribution < -0.4 is 0 Å². The van der Waals surface area contributed by atoms with Crippen LogP contribution in [0.25, 0.3) is 0 Å². The van der Waals surface area contributed by atoms with Crippen LogP contribution in [-0.2, 0) is 0 Å². The summed E-state index contributed by atoms with van der Waals surface area (Å²) in [4.78, 5) is 20.0. The Morgan fingerprint density at radius 1 is 1.36 bits per heavy atom. The van der Waals surface area contributed by atoms with Gasteiger partial charge < -0.3 is 0 Å². The lowest BCUT2D eigenvalue weighted by atomic mass is 9.81. The molecule has 1 unspecified atom stereocenters. The minimum absolute atomic E-state index is 0.144. The number of Topliss-reactive ketones (excluding diaryl/α,β-unsaturated/α-hetero) is 1. The van der Waals surface area contributed by atoms with Crippen LogP contribution in [0.5, 0.6) is 0 Å². The van der Waals surface area contributed by atoms with Crippen molar-refractivity contribution in [3.63, 3.8) is 0 Å². The van der Waals surface area contributed by atoms with Gasteiger partial charge in [0.1, 0.15) is 5.69 Å². The van der Waals surface area contributed by atoms with Crippen molar-refractivity contribution in [2.24, 2.45) is 5.92 Å². The van der Waals surface area contributed by atoms with E-state index < -0.39 is 0 Å². The zero-order valence-corrected chi connectivity index (χ0v) is 8.53. The SMILES string of the molecule is CC(C)C1CCC(=O)c2nccnc21. The first-order valence-electron chi connectivity index (χ1n) is 5.04. The Morgan fingerprint density at radius 3 is 2.79 bits per heavy atom. The van der Waals surface area contributed by atoms with Gasteiger partial charge in [0.25, 0.3) is 0 Å². The van der Waals surface area contributed by atoms with Crippen molar-refractivity contribution in [2.75, 3.05) is 0 Å². The van der Waals surface area contributed by atoms with Gasteiger partial charge in [-0.25, -0.2) is 4.98 Å². The van der Waals surface area contributed by atoms with Gasteiger partial charge in [0, 0.05) is 24.7 Å². The lowest BCUT2D eigenvalue weighted by Gasteiger charge is -2.25. The topological polar surface area (TPSA) is 42.9 Å². The molecule has 14 heavy (non-hydrogen) atoms. The molecule has 2 rings (SSSR count). The molecule has 3 heteroatoms. The molecule has 1 atom stereocenters. The summed E-state index contributed by atoms with van der Waals surface area (Å²) in [5, 5.41) is 0. The predicted molar refractivity (Wildman–Crippen MR) is 53.2 cm³/mol. The second-order valence-corrected chi connectivity index (χ2v) is 4.10. The third kappa shape index (κ3) is 1.43. The molecule has 0 fully saturated rings. The Labute approximate surface area is 83.6 Å². The molecule has 0 saturated heterocycles. The number of carbonyl (C=O) groups is 1. The number of nitrogens with zero attached hydrogens (tertiary/aromatic N) is 2. The third-order valence-electron chi connectivity index (χ3n) is 2.83. The average molecular weight is 190 g/mol. The van der Waals surface area contributed by atoms with Crippen LogP contribution in [0.4, 0.5) is 0 Å². The molecule has 1 aliphatic carbocycles. The predicted octanol–water partition coefficient (Wildman–Crippen LogP) is 2.19. The molecule has 0 bridgehead atoms. The second-order valence-electron chi connectivity index (χ2n) is 4.10. The van der Waals surface area contributed by atoms with E-state index in [9.17, 15) is 4.79 Å². The van der Waals surface area contributed by atoms with Gasteiger partial charge in [-0.1, -0.05) is 13.8 Å². The molecule has 1 aliphatic rings. The van der Waals surface area contributed by atoms with Crippen molar-refractivity contribution in [2.45, 2.75) is 32.6 Å². The van der Waals surface area contributed by atoms with E-state index in [-0.39, 0.29) is 5.78 Å². The normalized spacial score (nSPS) is 21.1. The molecule has 74 valence electrons. The zero-order valence-electron chi connectivity index (χ0n) is 8.53. The van der Waals surface area contributed by atoms with E-state index >= 15 is 0 Å². The van der Waals surface area contributed by atoms with E-state index in [4.69, 9.17) is 0 Å². The monoisotopic (exact) mass is 190 g/mol. The first kappa shape index (κ1) is 9.31. The summed E-state index contributed by atoms with van der Waals surface area (Å²) >= 11 is 0. The maximum Gasteiger partial charge on any atom is 0.183 e. The Balaban J connectivity index is 2.46. The molecule has 3 nitrogen and oxygen atoms in total. The summed E-state index contributed by atoms with van der Waals surface area (Å²) in [7, 11) is 0. The Hall–Kier alpha value is -1.25. The number of fused-ring (bicyclic) bond motifs is 1. The molecular weight excluding hydrogens is 176 g/mol. The maximum atomic E-state index is 11.6. The molecule has 0 N–H and O–H groups in total. The summed E-state index contributed by atoms with van der Waals surface area (Å²) in [6.07, 6.45) is 4.81. The number of hydrogen-bond donors (Lipinski definition) is 0. The number of hydrogen-bond acceptors (Lipinski definition) is 3. The highest BCUT2D eigenvalue weighted by molar-refractivity contribution is 5.96. The van der Waals surface area contributed by atoms with E-state index in [2.05, 4.69) is 23.8 Å². The Morgan fingerprint density at radius 2 is 2.07 bits per heavy atom. The standard InChI is InChI=1S/C11H14N2O/c1-7(2)8-3-4-9(14)11-10(8)12-5-6-13-11/h5-8H,3-4H2,1-2H3. The first-order valence-corrected chi connectivity index (χ1v) is 5.04. The smallest absolute Gasteiger partial charge is 0.183 e. The van der Waals surface area contributed by atoms with Gasteiger partial charge in [0.2, 0.25) is 0 Å². The van der Waals surface area contributed by atoms with Gasteiger partial charge in [-0.05, 0) is 12.3 Å². The van der Waals surface area contributed by atoms with Crippen molar-refractivity contribution in [3.8, 4) is 0 Å². The number of rotatable bonds is 1. The van der Waals surface area contributed by atoms with E-state index in [0.717, 1.165) is 12.1 Å². The highest BCUT2D eigenvalue weighted by Crippen LogP contribution is 2.33. The highest BCUT2D eigenvalue weighted by Gasteiger charge is 2.29. The Kier molecular flexibility index (Phi) is 2.32. The highest BCUT2D eigenvalue weighted by atomic mass is 16.1. The van der Waals surface area contributed by atoms with Gasteiger partial charge in [-0.2, -0.15) is 0 Å². The van der Waals surface area contributed by atoms with E-state index in [1.165, 1.54) is 0 Å². The molecule has 0 aromatic carbocycles. The zero-order chi connectivity index (χ0) is 10.1. The lowest BCUT2D eigenvalue weighted by molar-refractivity contribution is 0.0955. The van der Waals surface area contributed by atoms with Crippen LogP contribution >= 0.6 is 0 Å². The van der Waals surface area contributed by atoms with Gasteiger partial charge >= 0.3 is 0 Å². The molecule has 0 saturated carbocycles. The molecular formula is C11H14N2O. The van der Waals surface area contributed by atoms with Gasteiger partial charge in [-0.3, -0.25) is 9.78 Å². The first-order chi connectivity index (χ1) is 6.70.